The second-order valence-corrected chi connectivity index (χ2v) is 8.11. The molecule has 23 heavy (non-hydrogen) atoms. The van der Waals surface area contributed by atoms with Gasteiger partial charge < -0.3 is 4.74 Å². The molecule has 0 atom stereocenters. The first kappa shape index (κ1) is 16.8. The monoisotopic (exact) mass is 367 g/mol. The van der Waals surface area contributed by atoms with E-state index in [4.69, 9.17) is 17.0 Å². The maximum atomic E-state index is 12.5. The summed E-state index contributed by atoms with van der Waals surface area (Å²) in [6.07, 6.45) is 3.80. The van der Waals surface area contributed by atoms with Crippen molar-refractivity contribution in [2.24, 2.45) is 5.92 Å². The second kappa shape index (κ2) is 7.70. The molecule has 2 fully saturated rings. The zero-order chi connectivity index (χ0) is 16.2. The first-order valence-electron chi connectivity index (χ1n) is 7.54. The highest BCUT2D eigenvalue weighted by atomic mass is 32.2. The summed E-state index contributed by atoms with van der Waals surface area (Å²) in [6.45, 7) is 1.69. The van der Waals surface area contributed by atoms with Gasteiger partial charge in [-0.05, 0) is 30.4 Å². The largest absolute Gasteiger partial charge is 0.381 e. The second-order valence-electron chi connectivity index (χ2n) is 5.45. The standard InChI is InChI=1S/C16H17NO3S3/c18-13(11-4-7-20-8-5-11)3-6-17-15(19)14(23-16(17)21)10-12-2-1-9-22-12/h1-2,9-11H,3-8H2/b14-10-. The Hall–Kier alpha value is -1.02. The van der Waals surface area contributed by atoms with E-state index in [1.54, 1.807) is 16.2 Å². The summed E-state index contributed by atoms with van der Waals surface area (Å²) in [5.41, 5.74) is 0. The van der Waals surface area contributed by atoms with Crippen LogP contribution in [0.2, 0.25) is 0 Å². The first-order valence-corrected chi connectivity index (χ1v) is 9.65. The van der Waals surface area contributed by atoms with Crippen molar-refractivity contribution in [1.82, 2.24) is 4.90 Å². The van der Waals surface area contributed by atoms with E-state index >= 15 is 0 Å². The molecule has 7 heteroatoms. The van der Waals surface area contributed by atoms with Crippen molar-refractivity contribution in [2.45, 2.75) is 19.3 Å². The Morgan fingerprint density at radius 1 is 1.43 bits per heavy atom. The number of ketones is 1. The number of carbonyl (C=O) groups is 2. The molecule has 0 saturated carbocycles. The number of nitrogens with zero attached hydrogens (tertiary/aromatic N) is 1. The van der Waals surface area contributed by atoms with Crippen LogP contribution in [0.15, 0.2) is 22.4 Å². The van der Waals surface area contributed by atoms with Crippen molar-refractivity contribution in [3.05, 3.63) is 27.3 Å². The molecule has 4 nitrogen and oxygen atoms in total. The molecule has 0 spiro atoms. The summed E-state index contributed by atoms with van der Waals surface area (Å²) >= 11 is 8.19. The van der Waals surface area contributed by atoms with E-state index in [2.05, 4.69) is 0 Å². The van der Waals surface area contributed by atoms with Gasteiger partial charge in [0.15, 0.2) is 0 Å². The summed E-state index contributed by atoms with van der Waals surface area (Å²) in [7, 11) is 0. The molecule has 2 aliphatic heterocycles. The average molecular weight is 368 g/mol. The van der Waals surface area contributed by atoms with Gasteiger partial charge >= 0.3 is 0 Å². The molecule has 122 valence electrons. The van der Waals surface area contributed by atoms with Gasteiger partial charge in [0, 0.05) is 37.0 Å². The summed E-state index contributed by atoms with van der Waals surface area (Å²) in [5, 5.41) is 1.97. The average Bonchev–Trinajstić information content (AvgIpc) is 3.16. The van der Waals surface area contributed by atoms with Gasteiger partial charge in [-0.1, -0.05) is 30.0 Å². The zero-order valence-corrected chi connectivity index (χ0v) is 15.0. The number of hydrogen-bond acceptors (Lipinski definition) is 6. The number of rotatable bonds is 5. The van der Waals surface area contributed by atoms with Gasteiger partial charge in [-0.25, -0.2) is 0 Å². The van der Waals surface area contributed by atoms with Gasteiger partial charge in [-0.15, -0.1) is 11.3 Å². The fourth-order valence-corrected chi connectivity index (χ4v) is 4.67. The predicted octanol–water partition coefficient (Wildman–Crippen LogP) is 3.34. The molecular weight excluding hydrogens is 350 g/mol. The van der Waals surface area contributed by atoms with E-state index in [0.29, 0.717) is 35.4 Å². The van der Waals surface area contributed by atoms with E-state index in [1.807, 2.05) is 23.6 Å². The van der Waals surface area contributed by atoms with Gasteiger partial charge in [0.05, 0.1) is 4.91 Å². The number of thioether (sulfide) groups is 1. The van der Waals surface area contributed by atoms with Crippen molar-refractivity contribution in [1.29, 1.82) is 0 Å². The summed E-state index contributed by atoms with van der Waals surface area (Å²) in [5.74, 6) is 0.196. The molecule has 3 rings (SSSR count). The van der Waals surface area contributed by atoms with Crippen LogP contribution in [0.5, 0.6) is 0 Å². The summed E-state index contributed by atoms with van der Waals surface area (Å²) in [6, 6.07) is 3.91. The van der Waals surface area contributed by atoms with Gasteiger partial charge in [0.2, 0.25) is 0 Å². The fourth-order valence-electron chi connectivity index (χ4n) is 2.64. The van der Waals surface area contributed by atoms with Crippen LogP contribution in [-0.2, 0) is 14.3 Å². The van der Waals surface area contributed by atoms with Crippen LogP contribution < -0.4 is 0 Å². The van der Waals surface area contributed by atoms with Crippen LogP contribution >= 0.6 is 35.3 Å². The van der Waals surface area contributed by atoms with Crippen molar-refractivity contribution in [3.63, 3.8) is 0 Å². The third-order valence-corrected chi connectivity index (χ3v) is 6.15. The number of hydrogen-bond donors (Lipinski definition) is 0. The fraction of sp³-hybridized carbons (Fsp3) is 0.438. The normalized spacial score (nSPS) is 21.4. The van der Waals surface area contributed by atoms with Crippen LogP contribution in [0.4, 0.5) is 0 Å². The third kappa shape index (κ3) is 4.09. The molecule has 1 aromatic rings. The zero-order valence-electron chi connectivity index (χ0n) is 12.5. The van der Waals surface area contributed by atoms with E-state index in [1.165, 1.54) is 11.8 Å². The third-order valence-electron chi connectivity index (χ3n) is 3.95. The molecule has 2 saturated heterocycles. The molecule has 0 aromatic carbocycles. The van der Waals surface area contributed by atoms with E-state index < -0.39 is 0 Å². The number of Topliss-reactive ketones (excluding diaryl/α,β-unsaturated/α-hetero) is 1. The number of ether oxygens (including phenoxy) is 1. The van der Waals surface area contributed by atoms with Gasteiger partial charge in [0.25, 0.3) is 5.91 Å². The Morgan fingerprint density at radius 2 is 2.22 bits per heavy atom. The minimum atomic E-state index is -0.0897. The summed E-state index contributed by atoms with van der Waals surface area (Å²) in [4.78, 5) is 27.9. The van der Waals surface area contributed by atoms with Crippen LogP contribution in [0, 0.1) is 5.92 Å². The lowest BCUT2D eigenvalue weighted by Gasteiger charge is -2.22. The molecule has 0 N–H and O–H groups in total. The van der Waals surface area contributed by atoms with Crippen molar-refractivity contribution in [2.75, 3.05) is 19.8 Å². The first-order chi connectivity index (χ1) is 11.1. The highest BCUT2D eigenvalue weighted by Crippen LogP contribution is 2.33. The number of thiocarbonyl (C=S) groups is 1. The van der Waals surface area contributed by atoms with Crippen molar-refractivity contribution in [3.8, 4) is 0 Å². The highest BCUT2D eigenvalue weighted by molar-refractivity contribution is 8.26. The van der Waals surface area contributed by atoms with Gasteiger partial charge in [0.1, 0.15) is 10.1 Å². The topological polar surface area (TPSA) is 46.6 Å². The SMILES string of the molecule is O=C(CCN1C(=O)/C(=C/c2cccs2)SC1=S)C1CCOCC1. The molecule has 0 unspecified atom stereocenters. The molecule has 0 bridgehead atoms. The van der Waals surface area contributed by atoms with Gasteiger partial charge in [-0.3, -0.25) is 14.5 Å². The van der Waals surface area contributed by atoms with Crippen LogP contribution in [0.1, 0.15) is 24.1 Å². The minimum Gasteiger partial charge on any atom is -0.381 e. The van der Waals surface area contributed by atoms with Crippen LogP contribution in [0.25, 0.3) is 6.08 Å². The smallest absolute Gasteiger partial charge is 0.266 e. The Balaban J connectivity index is 1.58. The highest BCUT2D eigenvalue weighted by Gasteiger charge is 2.33. The Morgan fingerprint density at radius 3 is 2.91 bits per heavy atom. The maximum Gasteiger partial charge on any atom is 0.266 e. The number of thiophene rings is 1. The lowest BCUT2D eigenvalue weighted by molar-refractivity contribution is -0.126. The van der Waals surface area contributed by atoms with Crippen molar-refractivity contribution >= 4 is 57.4 Å². The predicted molar refractivity (Wildman–Crippen MR) is 97.4 cm³/mol. The van der Waals surface area contributed by atoms with Crippen LogP contribution in [-0.4, -0.2) is 40.7 Å². The Kier molecular flexibility index (Phi) is 5.63. The molecule has 1 amide bonds. The molecule has 2 aliphatic rings. The summed E-state index contributed by atoms with van der Waals surface area (Å²) < 4.78 is 5.82. The van der Waals surface area contributed by atoms with E-state index in [9.17, 15) is 9.59 Å². The number of amides is 1. The number of carbonyl (C=O) groups excluding carboxylic acids is 2. The van der Waals surface area contributed by atoms with Crippen molar-refractivity contribution < 1.29 is 14.3 Å². The van der Waals surface area contributed by atoms with Gasteiger partial charge in [-0.2, -0.15) is 0 Å². The van der Waals surface area contributed by atoms with E-state index in [0.717, 1.165) is 17.7 Å². The molecule has 0 aliphatic carbocycles. The molecule has 1 aromatic heterocycles. The minimum absolute atomic E-state index is 0.0730. The van der Waals surface area contributed by atoms with Crippen LogP contribution in [0.3, 0.4) is 0 Å². The Bertz CT molecular complexity index is 633. The molecule has 0 radical (unpaired) electrons. The maximum absolute atomic E-state index is 12.5. The Labute approximate surface area is 148 Å². The lowest BCUT2D eigenvalue weighted by atomic mass is 9.93. The lowest BCUT2D eigenvalue weighted by Crippen LogP contribution is -2.32. The molecule has 3 heterocycles. The molecular formula is C16H17NO3S3. The van der Waals surface area contributed by atoms with E-state index in [-0.39, 0.29) is 17.6 Å². The quantitative estimate of drug-likeness (QED) is 0.590.